The highest BCUT2D eigenvalue weighted by Crippen LogP contribution is 2.58. The summed E-state index contributed by atoms with van der Waals surface area (Å²) >= 11 is 0. The van der Waals surface area contributed by atoms with Crippen LogP contribution in [0.4, 0.5) is 18.9 Å². The Balaban J connectivity index is 1.73. The molecule has 12 nitrogen and oxygen atoms in total. The number of amides is 2. The fourth-order valence-corrected chi connectivity index (χ4v) is 6.37. The third-order valence-electron chi connectivity index (χ3n) is 8.67. The first kappa shape index (κ1) is 31.6. The summed E-state index contributed by atoms with van der Waals surface area (Å²) < 4.78 is 51.2. The van der Waals surface area contributed by atoms with Crippen molar-refractivity contribution < 1.29 is 52.2 Å². The number of alkyl halides is 1. The van der Waals surface area contributed by atoms with Gasteiger partial charge < -0.3 is 20.3 Å². The minimum Gasteiger partial charge on any atom is -0.481 e. The number of piperidine rings is 1. The third-order valence-corrected chi connectivity index (χ3v) is 8.67. The van der Waals surface area contributed by atoms with Crippen molar-refractivity contribution in [2.45, 2.75) is 38.3 Å². The van der Waals surface area contributed by atoms with Crippen molar-refractivity contribution in [3.63, 3.8) is 0 Å². The number of nitro benzene ring substituents is 1. The molecule has 0 aliphatic carbocycles. The number of imide groups is 1. The summed E-state index contributed by atoms with van der Waals surface area (Å²) in [7, 11) is 0. The van der Waals surface area contributed by atoms with Crippen LogP contribution in [0.1, 0.15) is 52.5 Å². The standard InChI is InChI=1S/C28H28F3N3O9/c1-3-28(26(39)40)19(13-43-11-10-33-23(35)14-6-4-5-7-15(14)24(33)36)32-18(12-29)27(2,25(37)38)22(28)20-16(30)8-9-17(21(20)31)34(41)42/h4-9,18-19,22,32H,3,10-13H2,1-2H3,(H,37,38)(H,39,40). The van der Waals surface area contributed by atoms with Crippen LogP contribution in [0.15, 0.2) is 36.4 Å². The topological polar surface area (TPSA) is 176 Å². The minimum absolute atomic E-state index is 0.194. The number of hydrogen-bond acceptors (Lipinski definition) is 8. The van der Waals surface area contributed by atoms with Crippen LogP contribution in [0.25, 0.3) is 0 Å². The molecule has 15 heteroatoms. The predicted octanol–water partition coefficient (Wildman–Crippen LogP) is 3.15. The first-order valence-electron chi connectivity index (χ1n) is 13.2. The number of halogens is 3. The number of nitro groups is 1. The number of carbonyl (C=O) groups excluding carboxylic acids is 2. The van der Waals surface area contributed by atoms with E-state index >= 15 is 8.78 Å². The molecule has 4 rings (SSSR count). The number of hydrogen-bond donors (Lipinski definition) is 3. The lowest BCUT2D eigenvalue weighted by molar-refractivity contribution is -0.387. The highest BCUT2D eigenvalue weighted by Gasteiger charge is 2.67. The van der Waals surface area contributed by atoms with Gasteiger partial charge >= 0.3 is 17.6 Å². The van der Waals surface area contributed by atoms with Crippen LogP contribution in [0.2, 0.25) is 0 Å². The highest BCUT2D eigenvalue weighted by atomic mass is 19.1. The van der Waals surface area contributed by atoms with Crippen molar-refractivity contribution in [1.82, 2.24) is 10.2 Å². The Bertz CT molecular complexity index is 1470. The Morgan fingerprint density at radius 1 is 1.07 bits per heavy atom. The second kappa shape index (κ2) is 11.7. The van der Waals surface area contributed by atoms with Crippen LogP contribution >= 0.6 is 0 Å². The maximum Gasteiger partial charge on any atom is 0.311 e. The Labute approximate surface area is 242 Å². The largest absolute Gasteiger partial charge is 0.481 e. The average Bonchev–Trinajstić information content (AvgIpc) is 3.20. The lowest BCUT2D eigenvalue weighted by atomic mass is 9.51. The molecule has 2 aromatic rings. The monoisotopic (exact) mass is 607 g/mol. The Morgan fingerprint density at radius 2 is 1.67 bits per heavy atom. The zero-order valence-corrected chi connectivity index (χ0v) is 23.0. The maximum absolute atomic E-state index is 15.7. The van der Waals surface area contributed by atoms with Gasteiger partial charge in [0.15, 0.2) is 0 Å². The molecule has 2 amide bonds. The molecule has 5 unspecified atom stereocenters. The summed E-state index contributed by atoms with van der Waals surface area (Å²) in [5, 5.41) is 35.0. The van der Waals surface area contributed by atoms with E-state index in [1.54, 1.807) is 12.1 Å². The molecule has 0 saturated carbocycles. The molecule has 2 heterocycles. The van der Waals surface area contributed by atoms with E-state index in [0.29, 0.717) is 12.1 Å². The molecule has 2 aliphatic heterocycles. The molecule has 0 bridgehead atoms. The number of carbonyl (C=O) groups is 4. The molecule has 5 atom stereocenters. The van der Waals surface area contributed by atoms with Crippen molar-refractivity contribution in [3.8, 4) is 0 Å². The van der Waals surface area contributed by atoms with Crippen LogP contribution in [0, 0.1) is 32.6 Å². The molecule has 1 fully saturated rings. The van der Waals surface area contributed by atoms with E-state index in [9.17, 15) is 43.9 Å². The normalized spacial score (nSPS) is 26.8. The fourth-order valence-electron chi connectivity index (χ4n) is 6.37. The van der Waals surface area contributed by atoms with E-state index < -0.39 is 100 Å². The van der Waals surface area contributed by atoms with Crippen molar-refractivity contribution >= 4 is 29.4 Å². The van der Waals surface area contributed by atoms with Crippen LogP contribution in [-0.4, -0.2) is 82.3 Å². The number of ether oxygens (including phenoxy) is 1. The van der Waals surface area contributed by atoms with Crippen LogP contribution in [0.5, 0.6) is 0 Å². The Hall–Kier alpha value is -4.37. The second-order valence-electron chi connectivity index (χ2n) is 10.6. The lowest BCUT2D eigenvalue weighted by Crippen LogP contribution is -2.72. The van der Waals surface area contributed by atoms with Gasteiger partial charge in [-0.2, -0.15) is 4.39 Å². The number of carboxylic acids is 2. The van der Waals surface area contributed by atoms with Crippen LogP contribution in [0.3, 0.4) is 0 Å². The lowest BCUT2D eigenvalue weighted by Gasteiger charge is -2.56. The van der Waals surface area contributed by atoms with Gasteiger partial charge in [-0.25, -0.2) is 8.78 Å². The average molecular weight is 608 g/mol. The molecular weight excluding hydrogens is 579 g/mol. The summed E-state index contributed by atoms with van der Waals surface area (Å²) in [6.07, 6.45) is -0.462. The van der Waals surface area contributed by atoms with Gasteiger partial charge in [-0.3, -0.25) is 34.2 Å². The third kappa shape index (κ3) is 4.81. The molecule has 1 saturated heterocycles. The zero-order chi connectivity index (χ0) is 31.9. The molecule has 0 spiro atoms. The number of nitrogens with one attached hydrogen (secondary N) is 1. The first-order valence-corrected chi connectivity index (χ1v) is 13.2. The predicted molar refractivity (Wildman–Crippen MR) is 141 cm³/mol. The molecule has 2 aromatic carbocycles. The Morgan fingerprint density at radius 3 is 2.16 bits per heavy atom. The van der Waals surface area contributed by atoms with Crippen molar-refractivity contribution in [2.75, 3.05) is 26.4 Å². The summed E-state index contributed by atoms with van der Waals surface area (Å²) in [4.78, 5) is 62.2. The number of carboxylic acid groups (broad SMARTS) is 2. The van der Waals surface area contributed by atoms with Gasteiger partial charge in [0.05, 0.1) is 52.7 Å². The van der Waals surface area contributed by atoms with E-state index in [1.807, 2.05) is 0 Å². The van der Waals surface area contributed by atoms with Crippen LogP contribution < -0.4 is 5.32 Å². The number of aliphatic carboxylic acids is 2. The summed E-state index contributed by atoms with van der Waals surface area (Å²) in [6, 6.07) is 4.00. The van der Waals surface area contributed by atoms with Crippen molar-refractivity contribution in [1.29, 1.82) is 0 Å². The number of rotatable bonds is 11. The molecule has 2 aliphatic rings. The fraction of sp³-hybridized carbons (Fsp3) is 0.429. The maximum atomic E-state index is 15.7. The summed E-state index contributed by atoms with van der Waals surface area (Å²) in [5.74, 6) is -10.0. The Kier molecular flexibility index (Phi) is 8.60. The highest BCUT2D eigenvalue weighted by molar-refractivity contribution is 6.21. The quantitative estimate of drug-likeness (QED) is 0.149. The van der Waals surface area contributed by atoms with E-state index in [-0.39, 0.29) is 24.3 Å². The van der Waals surface area contributed by atoms with Gasteiger partial charge in [0.1, 0.15) is 12.5 Å². The second-order valence-corrected chi connectivity index (χ2v) is 10.6. The molecule has 0 aromatic heterocycles. The number of nitrogens with zero attached hydrogens (tertiary/aromatic N) is 2. The van der Waals surface area contributed by atoms with Gasteiger partial charge in [0.25, 0.3) is 11.8 Å². The van der Waals surface area contributed by atoms with Gasteiger partial charge in [-0.05, 0) is 31.5 Å². The van der Waals surface area contributed by atoms with Gasteiger partial charge in [0, 0.05) is 23.6 Å². The molecule has 0 radical (unpaired) electrons. The van der Waals surface area contributed by atoms with E-state index in [1.165, 1.54) is 19.1 Å². The number of fused-ring (bicyclic) bond motifs is 1. The smallest absolute Gasteiger partial charge is 0.311 e. The zero-order valence-electron chi connectivity index (χ0n) is 23.0. The van der Waals surface area contributed by atoms with Crippen molar-refractivity contribution in [2.24, 2.45) is 10.8 Å². The van der Waals surface area contributed by atoms with Crippen LogP contribution in [-0.2, 0) is 14.3 Å². The van der Waals surface area contributed by atoms with E-state index in [4.69, 9.17) is 4.74 Å². The SMILES string of the molecule is CCC1(C(=O)O)C(COCCN2C(=O)c3ccccc3C2=O)NC(CF)C(C)(C(=O)O)C1c1c(F)ccc([N+](=O)[O-])c1F. The van der Waals surface area contributed by atoms with Gasteiger partial charge in [-0.1, -0.05) is 19.1 Å². The first-order chi connectivity index (χ1) is 20.3. The molecule has 230 valence electrons. The van der Waals surface area contributed by atoms with Gasteiger partial charge in [-0.15, -0.1) is 0 Å². The van der Waals surface area contributed by atoms with Crippen molar-refractivity contribution in [3.05, 3.63) is 74.8 Å². The van der Waals surface area contributed by atoms with E-state index in [2.05, 4.69) is 5.32 Å². The van der Waals surface area contributed by atoms with E-state index in [0.717, 1.165) is 11.8 Å². The number of benzene rings is 2. The molecule has 43 heavy (non-hydrogen) atoms. The molecular formula is C28H28F3N3O9. The molecule has 3 N–H and O–H groups in total. The minimum atomic E-state index is -2.52. The van der Waals surface area contributed by atoms with Gasteiger partial charge in [0.2, 0.25) is 5.82 Å². The summed E-state index contributed by atoms with van der Waals surface area (Å²) in [6.45, 7) is -0.306. The summed E-state index contributed by atoms with van der Waals surface area (Å²) in [5.41, 5.74) is -6.91.